The second-order valence-electron chi connectivity index (χ2n) is 7.48. The van der Waals surface area contributed by atoms with E-state index in [1.807, 2.05) is 0 Å². The van der Waals surface area contributed by atoms with Gasteiger partial charge in [0.2, 0.25) is 10.0 Å². The molecule has 2 aromatic rings. The van der Waals surface area contributed by atoms with E-state index in [1.165, 1.54) is 0 Å². The zero-order valence-corrected chi connectivity index (χ0v) is 17.0. The molecule has 6 nitrogen and oxygen atoms in total. The number of hydrogen-bond donors (Lipinski definition) is 2. The predicted molar refractivity (Wildman–Crippen MR) is 104 cm³/mol. The number of benzene rings is 2. The quantitative estimate of drug-likeness (QED) is 0.761. The van der Waals surface area contributed by atoms with Crippen molar-refractivity contribution < 1.29 is 31.5 Å². The lowest BCUT2D eigenvalue weighted by Crippen LogP contribution is -2.34. The second-order valence-corrected chi connectivity index (χ2v) is 9.39. The maximum atomic E-state index is 14.4. The van der Waals surface area contributed by atoms with Crippen LogP contribution in [0.1, 0.15) is 36.5 Å². The maximum absolute atomic E-state index is 14.4. The van der Waals surface area contributed by atoms with Gasteiger partial charge in [-0.3, -0.25) is 4.79 Å². The van der Waals surface area contributed by atoms with Crippen LogP contribution in [-0.2, 0) is 10.0 Å². The Labute approximate surface area is 172 Å². The summed E-state index contributed by atoms with van der Waals surface area (Å²) in [6, 6.07) is 5.61. The number of rotatable bonds is 4. The standard InChI is InChI=1S/C20H21F3N2O4S/c1-20(27)7-2-9-25(10-8-20)30(28,29)18-11-13(3-5-16(18)22)19(26)24-14-4-6-15(21)17(23)12-14/h3-6,11-12,27H,2,7-10H2,1H3,(H,24,26). The van der Waals surface area contributed by atoms with Crippen molar-refractivity contribution in [1.82, 2.24) is 4.31 Å². The molecule has 2 N–H and O–H groups in total. The lowest BCUT2D eigenvalue weighted by atomic mass is 9.98. The van der Waals surface area contributed by atoms with Crippen LogP contribution < -0.4 is 5.32 Å². The highest BCUT2D eigenvalue weighted by Gasteiger charge is 2.33. The average Bonchev–Trinajstić information content (AvgIpc) is 2.85. The smallest absolute Gasteiger partial charge is 0.255 e. The van der Waals surface area contributed by atoms with Gasteiger partial charge in [-0.1, -0.05) is 0 Å². The van der Waals surface area contributed by atoms with E-state index in [4.69, 9.17) is 0 Å². The summed E-state index contributed by atoms with van der Waals surface area (Å²) in [7, 11) is -4.25. The minimum atomic E-state index is -4.25. The third kappa shape index (κ3) is 4.82. The van der Waals surface area contributed by atoms with E-state index in [-0.39, 0.29) is 30.8 Å². The molecule has 30 heavy (non-hydrogen) atoms. The number of aliphatic hydroxyl groups is 1. The van der Waals surface area contributed by atoms with Crippen LogP contribution in [0.25, 0.3) is 0 Å². The van der Waals surface area contributed by atoms with Crippen LogP contribution in [0.2, 0.25) is 0 Å². The van der Waals surface area contributed by atoms with E-state index in [9.17, 15) is 31.5 Å². The fourth-order valence-corrected chi connectivity index (χ4v) is 4.81. The van der Waals surface area contributed by atoms with Gasteiger partial charge >= 0.3 is 0 Å². The molecule has 0 bridgehead atoms. The van der Waals surface area contributed by atoms with E-state index in [2.05, 4.69) is 5.32 Å². The highest BCUT2D eigenvalue weighted by atomic mass is 32.2. The minimum absolute atomic E-state index is 0.0139. The van der Waals surface area contributed by atoms with E-state index in [0.29, 0.717) is 12.8 Å². The molecule has 3 rings (SSSR count). The van der Waals surface area contributed by atoms with Crippen LogP contribution in [-0.4, -0.2) is 42.4 Å². The third-order valence-corrected chi connectivity index (χ3v) is 6.92. The van der Waals surface area contributed by atoms with Gasteiger partial charge in [-0.05, 0) is 56.5 Å². The number of carbonyl (C=O) groups is 1. The SMILES string of the molecule is CC1(O)CCCN(S(=O)(=O)c2cc(C(=O)Nc3ccc(F)c(F)c3)ccc2F)CC1. The molecule has 1 aliphatic rings. The number of anilines is 1. The summed E-state index contributed by atoms with van der Waals surface area (Å²) in [6.07, 6.45) is 1.02. The van der Waals surface area contributed by atoms with E-state index < -0.39 is 43.9 Å². The van der Waals surface area contributed by atoms with Gasteiger partial charge < -0.3 is 10.4 Å². The fraction of sp³-hybridized carbons (Fsp3) is 0.350. The molecule has 10 heteroatoms. The molecule has 0 aliphatic carbocycles. The van der Waals surface area contributed by atoms with Crippen LogP contribution in [0.5, 0.6) is 0 Å². The lowest BCUT2D eigenvalue weighted by molar-refractivity contribution is 0.0465. The third-order valence-electron chi connectivity index (χ3n) is 5.01. The van der Waals surface area contributed by atoms with Crippen molar-refractivity contribution in [3.8, 4) is 0 Å². The van der Waals surface area contributed by atoms with Crippen molar-refractivity contribution in [2.45, 2.75) is 36.7 Å². The normalized spacial score (nSPS) is 20.6. The summed E-state index contributed by atoms with van der Waals surface area (Å²) < 4.78 is 67.8. The number of nitrogens with one attached hydrogen (secondary N) is 1. The topological polar surface area (TPSA) is 86.7 Å². The highest BCUT2D eigenvalue weighted by Crippen LogP contribution is 2.27. The molecule has 1 fully saturated rings. The van der Waals surface area contributed by atoms with Crippen molar-refractivity contribution in [3.63, 3.8) is 0 Å². The first-order valence-corrected chi connectivity index (χ1v) is 10.7. The first-order valence-electron chi connectivity index (χ1n) is 9.28. The minimum Gasteiger partial charge on any atom is -0.390 e. The number of sulfonamides is 1. The van der Waals surface area contributed by atoms with Gasteiger partial charge in [0.05, 0.1) is 5.60 Å². The molecule has 1 aliphatic heterocycles. The van der Waals surface area contributed by atoms with Crippen LogP contribution in [0, 0.1) is 17.5 Å². The molecule has 0 aromatic heterocycles. The molecule has 1 unspecified atom stereocenters. The largest absolute Gasteiger partial charge is 0.390 e. The van der Waals surface area contributed by atoms with Crippen LogP contribution in [0.4, 0.5) is 18.9 Å². The summed E-state index contributed by atoms with van der Waals surface area (Å²) in [5.74, 6) is -4.07. The van der Waals surface area contributed by atoms with Crippen molar-refractivity contribution in [2.24, 2.45) is 0 Å². The fourth-order valence-electron chi connectivity index (χ4n) is 3.24. The van der Waals surface area contributed by atoms with Crippen LogP contribution in [0.15, 0.2) is 41.3 Å². The average molecular weight is 442 g/mol. The molecular formula is C20H21F3N2O4S. The molecule has 1 saturated heterocycles. The Morgan fingerprint density at radius 3 is 2.43 bits per heavy atom. The van der Waals surface area contributed by atoms with Crippen LogP contribution in [0.3, 0.4) is 0 Å². The monoisotopic (exact) mass is 442 g/mol. The number of amides is 1. The number of halogens is 3. The number of hydrogen-bond acceptors (Lipinski definition) is 4. The molecule has 1 atom stereocenters. The summed E-state index contributed by atoms with van der Waals surface area (Å²) in [5, 5.41) is 12.5. The zero-order chi connectivity index (χ0) is 22.1. The molecule has 1 amide bonds. The molecule has 2 aromatic carbocycles. The van der Waals surface area contributed by atoms with E-state index in [0.717, 1.165) is 40.7 Å². The summed E-state index contributed by atoms with van der Waals surface area (Å²) in [6.45, 7) is 1.75. The van der Waals surface area contributed by atoms with Gasteiger partial charge in [0.15, 0.2) is 11.6 Å². The maximum Gasteiger partial charge on any atom is 0.255 e. The Hall–Kier alpha value is -2.43. The van der Waals surface area contributed by atoms with Crippen molar-refractivity contribution in [2.75, 3.05) is 18.4 Å². The van der Waals surface area contributed by atoms with Crippen LogP contribution >= 0.6 is 0 Å². The Kier molecular flexibility index (Phi) is 6.21. The Morgan fingerprint density at radius 2 is 1.73 bits per heavy atom. The van der Waals surface area contributed by atoms with Gasteiger partial charge in [-0.15, -0.1) is 0 Å². The first-order chi connectivity index (χ1) is 14.0. The van der Waals surface area contributed by atoms with Gasteiger partial charge in [0.1, 0.15) is 10.7 Å². The summed E-state index contributed by atoms with van der Waals surface area (Å²) >= 11 is 0. The molecule has 0 spiro atoms. The number of carbonyl (C=O) groups excluding carboxylic acids is 1. The van der Waals surface area contributed by atoms with Gasteiger partial charge in [0.25, 0.3) is 5.91 Å². The summed E-state index contributed by atoms with van der Waals surface area (Å²) in [4.78, 5) is 11.8. The molecule has 0 radical (unpaired) electrons. The van der Waals surface area contributed by atoms with Gasteiger partial charge in [-0.25, -0.2) is 21.6 Å². The highest BCUT2D eigenvalue weighted by molar-refractivity contribution is 7.89. The second kappa shape index (κ2) is 8.37. The first kappa shape index (κ1) is 22.3. The number of nitrogens with zero attached hydrogens (tertiary/aromatic N) is 1. The predicted octanol–water partition coefficient (Wildman–Crippen LogP) is 3.28. The Balaban J connectivity index is 1.86. The molecule has 1 heterocycles. The van der Waals surface area contributed by atoms with E-state index >= 15 is 0 Å². The van der Waals surface area contributed by atoms with Crippen molar-refractivity contribution in [3.05, 3.63) is 59.4 Å². The Bertz CT molecular complexity index is 1070. The molecular weight excluding hydrogens is 421 g/mol. The summed E-state index contributed by atoms with van der Waals surface area (Å²) in [5.41, 5.74) is -1.21. The van der Waals surface area contributed by atoms with E-state index in [1.54, 1.807) is 6.92 Å². The van der Waals surface area contributed by atoms with Gasteiger partial charge in [-0.2, -0.15) is 4.31 Å². The molecule has 162 valence electrons. The van der Waals surface area contributed by atoms with Gasteiger partial charge in [0, 0.05) is 30.4 Å². The van der Waals surface area contributed by atoms with Crippen molar-refractivity contribution >= 4 is 21.6 Å². The zero-order valence-electron chi connectivity index (χ0n) is 16.2. The lowest BCUT2D eigenvalue weighted by Gasteiger charge is -2.22. The molecule has 0 saturated carbocycles. The Morgan fingerprint density at radius 1 is 1.03 bits per heavy atom. The van der Waals surface area contributed by atoms with Crippen molar-refractivity contribution in [1.29, 1.82) is 0 Å².